The number of rotatable bonds is 4. The summed E-state index contributed by atoms with van der Waals surface area (Å²) in [7, 11) is 0. The molecular formula is C17H14Cl2N2O2. The van der Waals surface area contributed by atoms with Crippen LogP contribution < -0.4 is 4.74 Å². The van der Waals surface area contributed by atoms with Crippen molar-refractivity contribution in [1.29, 1.82) is 0 Å². The number of aryl methyl sites for hydroxylation is 1. The van der Waals surface area contributed by atoms with Gasteiger partial charge in [0.15, 0.2) is 6.10 Å². The second-order valence-corrected chi connectivity index (χ2v) is 6.00. The number of benzene rings is 2. The van der Waals surface area contributed by atoms with E-state index in [9.17, 15) is 0 Å². The molecule has 2 aromatic carbocycles. The number of ether oxygens (including phenoxy) is 1. The predicted molar refractivity (Wildman–Crippen MR) is 90.0 cm³/mol. The molecule has 0 bridgehead atoms. The van der Waals surface area contributed by atoms with Gasteiger partial charge in [0, 0.05) is 10.6 Å². The van der Waals surface area contributed by atoms with Crippen LogP contribution in [-0.4, -0.2) is 10.1 Å². The van der Waals surface area contributed by atoms with Crippen LogP contribution in [0.25, 0.3) is 11.4 Å². The molecule has 0 amide bonds. The van der Waals surface area contributed by atoms with Crippen LogP contribution in [0.5, 0.6) is 5.75 Å². The number of halogens is 2. The van der Waals surface area contributed by atoms with Gasteiger partial charge in [-0.05, 0) is 38.1 Å². The smallest absolute Gasteiger partial charge is 0.267 e. The predicted octanol–water partition coefficient (Wildman–Crippen LogP) is 5.49. The van der Waals surface area contributed by atoms with Crippen molar-refractivity contribution in [3.63, 3.8) is 0 Å². The Kier molecular flexibility index (Phi) is 4.55. The fourth-order valence-electron chi connectivity index (χ4n) is 2.11. The van der Waals surface area contributed by atoms with Gasteiger partial charge in [0.2, 0.25) is 5.82 Å². The van der Waals surface area contributed by atoms with Crippen molar-refractivity contribution < 1.29 is 9.26 Å². The van der Waals surface area contributed by atoms with Crippen molar-refractivity contribution >= 4 is 23.2 Å². The minimum atomic E-state index is -0.431. The summed E-state index contributed by atoms with van der Waals surface area (Å²) in [5, 5.41) is 4.99. The van der Waals surface area contributed by atoms with Crippen LogP contribution in [0.2, 0.25) is 10.0 Å². The second-order valence-electron chi connectivity index (χ2n) is 5.16. The molecule has 0 saturated heterocycles. The molecule has 1 atom stereocenters. The number of aromatic nitrogens is 2. The molecule has 0 fully saturated rings. The zero-order chi connectivity index (χ0) is 16.4. The van der Waals surface area contributed by atoms with Crippen molar-refractivity contribution in [3.8, 4) is 17.1 Å². The van der Waals surface area contributed by atoms with E-state index in [1.54, 1.807) is 18.2 Å². The van der Waals surface area contributed by atoms with E-state index in [-0.39, 0.29) is 0 Å². The Bertz CT molecular complexity index is 833. The summed E-state index contributed by atoms with van der Waals surface area (Å²) < 4.78 is 11.1. The van der Waals surface area contributed by atoms with Gasteiger partial charge in [-0.3, -0.25) is 0 Å². The third kappa shape index (κ3) is 3.66. The Hall–Kier alpha value is -2.04. The van der Waals surface area contributed by atoms with Gasteiger partial charge in [-0.2, -0.15) is 4.98 Å². The van der Waals surface area contributed by atoms with Gasteiger partial charge in [0.25, 0.3) is 5.89 Å². The second kappa shape index (κ2) is 6.60. The zero-order valence-corrected chi connectivity index (χ0v) is 14.1. The Balaban J connectivity index is 1.79. The van der Waals surface area contributed by atoms with Crippen LogP contribution >= 0.6 is 23.2 Å². The number of nitrogens with zero attached hydrogens (tertiary/aromatic N) is 2. The molecule has 3 aromatic rings. The molecule has 0 radical (unpaired) electrons. The van der Waals surface area contributed by atoms with E-state index in [1.165, 1.54) is 0 Å². The van der Waals surface area contributed by atoms with Crippen molar-refractivity contribution in [2.75, 3.05) is 0 Å². The molecule has 0 N–H and O–H groups in total. The van der Waals surface area contributed by atoms with E-state index in [2.05, 4.69) is 10.1 Å². The van der Waals surface area contributed by atoms with Crippen molar-refractivity contribution in [2.24, 2.45) is 0 Å². The summed E-state index contributed by atoms with van der Waals surface area (Å²) >= 11 is 12.0. The minimum Gasteiger partial charge on any atom is -0.479 e. The van der Waals surface area contributed by atoms with Crippen LogP contribution in [0.4, 0.5) is 0 Å². The Morgan fingerprint density at radius 3 is 2.70 bits per heavy atom. The van der Waals surface area contributed by atoms with Gasteiger partial charge in [-0.15, -0.1) is 0 Å². The maximum atomic E-state index is 6.10. The largest absolute Gasteiger partial charge is 0.479 e. The van der Waals surface area contributed by atoms with E-state index in [4.69, 9.17) is 32.5 Å². The van der Waals surface area contributed by atoms with Gasteiger partial charge >= 0.3 is 0 Å². The molecule has 0 aliphatic rings. The molecule has 118 valence electrons. The highest BCUT2D eigenvalue weighted by Crippen LogP contribution is 2.31. The molecule has 6 heteroatoms. The highest BCUT2D eigenvalue weighted by atomic mass is 35.5. The molecule has 1 heterocycles. The standard InChI is InChI=1S/C17H14Cl2N2O2/c1-10-4-3-5-12(8-10)16-20-17(23-21-16)11(2)22-15-7-6-13(18)9-14(15)19/h3-9,11H,1-2H3. The van der Waals surface area contributed by atoms with E-state index < -0.39 is 6.10 Å². The lowest BCUT2D eigenvalue weighted by atomic mass is 10.1. The highest BCUT2D eigenvalue weighted by molar-refractivity contribution is 6.35. The first-order chi connectivity index (χ1) is 11.0. The van der Waals surface area contributed by atoms with Crippen LogP contribution in [-0.2, 0) is 0 Å². The topological polar surface area (TPSA) is 48.2 Å². The number of hydrogen-bond donors (Lipinski definition) is 0. The Labute approximate surface area is 144 Å². The third-order valence-corrected chi connectivity index (χ3v) is 3.79. The van der Waals surface area contributed by atoms with Crippen molar-refractivity contribution in [2.45, 2.75) is 20.0 Å². The number of hydrogen-bond acceptors (Lipinski definition) is 4. The highest BCUT2D eigenvalue weighted by Gasteiger charge is 2.18. The van der Waals surface area contributed by atoms with E-state index in [0.717, 1.165) is 11.1 Å². The first-order valence-electron chi connectivity index (χ1n) is 7.05. The van der Waals surface area contributed by atoms with E-state index >= 15 is 0 Å². The molecule has 0 aliphatic carbocycles. The lowest BCUT2D eigenvalue weighted by Crippen LogP contribution is -2.03. The summed E-state index contributed by atoms with van der Waals surface area (Å²) in [6.45, 7) is 3.83. The first-order valence-corrected chi connectivity index (χ1v) is 7.81. The zero-order valence-electron chi connectivity index (χ0n) is 12.6. The molecule has 1 aromatic heterocycles. The van der Waals surface area contributed by atoms with Crippen molar-refractivity contribution in [3.05, 3.63) is 64.0 Å². The van der Waals surface area contributed by atoms with E-state index in [1.807, 2.05) is 38.1 Å². The molecule has 0 spiro atoms. The summed E-state index contributed by atoms with van der Waals surface area (Å²) in [6, 6.07) is 12.9. The van der Waals surface area contributed by atoms with Crippen LogP contribution in [0, 0.1) is 6.92 Å². The van der Waals surface area contributed by atoms with Gasteiger partial charge in [-0.25, -0.2) is 0 Å². The van der Waals surface area contributed by atoms with Gasteiger partial charge in [0.05, 0.1) is 5.02 Å². The molecule has 0 saturated carbocycles. The van der Waals surface area contributed by atoms with Gasteiger partial charge < -0.3 is 9.26 Å². The van der Waals surface area contributed by atoms with Crippen LogP contribution in [0.3, 0.4) is 0 Å². The van der Waals surface area contributed by atoms with E-state index in [0.29, 0.717) is 27.5 Å². The van der Waals surface area contributed by atoms with Gasteiger partial charge in [0.1, 0.15) is 5.75 Å². The normalized spacial score (nSPS) is 12.2. The molecule has 3 rings (SSSR count). The van der Waals surface area contributed by atoms with Crippen LogP contribution in [0.1, 0.15) is 24.5 Å². The fourth-order valence-corrected chi connectivity index (χ4v) is 2.57. The quantitative estimate of drug-likeness (QED) is 0.625. The summed E-state index contributed by atoms with van der Waals surface area (Å²) in [5.74, 6) is 1.42. The summed E-state index contributed by atoms with van der Waals surface area (Å²) in [6.07, 6.45) is -0.431. The van der Waals surface area contributed by atoms with Crippen LogP contribution in [0.15, 0.2) is 47.0 Å². The summed E-state index contributed by atoms with van der Waals surface area (Å²) in [5.41, 5.74) is 2.03. The lowest BCUT2D eigenvalue weighted by molar-refractivity contribution is 0.176. The lowest BCUT2D eigenvalue weighted by Gasteiger charge is -2.12. The Morgan fingerprint density at radius 1 is 1.13 bits per heavy atom. The molecule has 23 heavy (non-hydrogen) atoms. The molecule has 1 unspecified atom stereocenters. The maximum absolute atomic E-state index is 6.10. The summed E-state index contributed by atoms with van der Waals surface area (Å²) in [4.78, 5) is 4.39. The average Bonchev–Trinajstić information content (AvgIpc) is 3.00. The molecule has 4 nitrogen and oxygen atoms in total. The minimum absolute atomic E-state index is 0.382. The Morgan fingerprint density at radius 2 is 1.96 bits per heavy atom. The first kappa shape index (κ1) is 15.8. The fraction of sp³-hybridized carbons (Fsp3) is 0.176. The van der Waals surface area contributed by atoms with Crippen molar-refractivity contribution in [1.82, 2.24) is 10.1 Å². The maximum Gasteiger partial charge on any atom is 0.267 e. The molecular weight excluding hydrogens is 335 g/mol. The molecule has 0 aliphatic heterocycles. The SMILES string of the molecule is Cc1cccc(-c2noc(C(C)Oc3ccc(Cl)cc3Cl)n2)c1. The third-order valence-electron chi connectivity index (χ3n) is 3.26. The monoisotopic (exact) mass is 348 g/mol. The van der Waals surface area contributed by atoms with Gasteiger partial charge in [-0.1, -0.05) is 52.1 Å². The average molecular weight is 349 g/mol.